The second-order valence-electron chi connectivity index (χ2n) is 5.21. The monoisotopic (exact) mass is 300 g/mol. The molecule has 6 heteroatoms. The molecule has 1 aromatic carbocycles. The van der Waals surface area contributed by atoms with Crippen molar-refractivity contribution in [2.24, 2.45) is 0 Å². The Kier molecular flexibility index (Phi) is 4.88. The van der Waals surface area contributed by atoms with Gasteiger partial charge in [-0.05, 0) is 17.7 Å². The van der Waals surface area contributed by atoms with Crippen LogP contribution < -0.4 is 0 Å². The number of piperazine rings is 1. The van der Waals surface area contributed by atoms with Crippen molar-refractivity contribution in [3.05, 3.63) is 35.4 Å². The summed E-state index contributed by atoms with van der Waals surface area (Å²) in [7, 11) is 0. The Bertz CT molecular complexity index is 477. The molecule has 0 aliphatic carbocycles. The molecule has 0 atom stereocenters. The normalized spacial score (nSPS) is 17.0. The van der Waals surface area contributed by atoms with Crippen molar-refractivity contribution in [2.45, 2.75) is 26.1 Å². The molecule has 1 amide bonds. The SMILES string of the molecule is CCC(=O)N1CCN(Cc2ccc(C(F)(F)F)cc2)CC1. The molecule has 1 aromatic rings. The summed E-state index contributed by atoms with van der Waals surface area (Å²) in [6.45, 7) is 5.35. The zero-order chi connectivity index (χ0) is 15.5. The van der Waals surface area contributed by atoms with Crippen LogP contribution in [0.3, 0.4) is 0 Å². The Hall–Kier alpha value is -1.56. The first-order valence-electron chi connectivity index (χ1n) is 7.06. The van der Waals surface area contributed by atoms with E-state index in [9.17, 15) is 18.0 Å². The Balaban J connectivity index is 1.88. The first kappa shape index (κ1) is 15.8. The van der Waals surface area contributed by atoms with Gasteiger partial charge >= 0.3 is 6.18 Å². The number of nitrogens with zero attached hydrogens (tertiary/aromatic N) is 2. The lowest BCUT2D eigenvalue weighted by molar-refractivity contribution is -0.137. The van der Waals surface area contributed by atoms with Gasteiger partial charge in [0.2, 0.25) is 5.91 Å². The highest BCUT2D eigenvalue weighted by atomic mass is 19.4. The van der Waals surface area contributed by atoms with E-state index in [1.165, 1.54) is 12.1 Å². The van der Waals surface area contributed by atoms with Crippen LogP contribution in [0.2, 0.25) is 0 Å². The van der Waals surface area contributed by atoms with Crippen LogP contribution in [0.25, 0.3) is 0 Å². The molecule has 1 aliphatic rings. The number of hydrogen-bond acceptors (Lipinski definition) is 2. The van der Waals surface area contributed by atoms with Crippen LogP contribution in [0.5, 0.6) is 0 Å². The lowest BCUT2D eigenvalue weighted by atomic mass is 10.1. The van der Waals surface area contributed by atoms with Gasteiger partial charge in [-0.15, -0.1) is 0 Å². The number of halogens is 3. The summed E-state index contributed by atoms with van der Waals surface area (Å²) in [4.78, 5) is 15.6. The summed E-state index contributed by atoms with van der Waals surface area (Å²) < 4.78 is 37.4. The van der Waals surface area contributed by atoms with Gasteiger partial charge in [0.05, 0.1) is 5.56 Å². The minimum Gasteiger partial charge on any atom is -0.340 e. The third kappa shape index (κ3) is 4.20. The topological polar surface area (TPSA) is 23.6 Å². The lowest BCUT2D eigenvalue weighted by Gasteiger charge is -2.34. The van der Waals surface area contributed by atoms with Crippen LogP contribution in [-0.2, 0) is 17.5 Å². The maximum atomic E-state index is 12.5. The average Bonchev–Trinajstić information content (AvgIpc) is 2.47. The average molecular weight is 300 g/mol. The molecule has 0 aromatic heterocycles. The fourth-order valence-corrected chi connectivity index (χ4v) is 2.44. The summed E-state index contributed by atoms with van der Waals surface area (Å²) in [5, 5.41) is 0. The van der Waals surface area contributed by atoms with Crippen molar-refractivity contribution < 1.29 is 18.0 Å². The third-order valence-electron chi connectivity index (χ3n) is 3.71. The highest BCUT2D eigenvalue weighted by molar-refractivity contribution is 5.75. The number of hydrogen-bond donors (Lipinski definition) is 0. The van der Waals surface area contributed by atoms with Crippen molar-refractivity contribution in [3.63, 3.8) is 0 Å². The summed E-state index contributed by atoms with van der Waals surface area (Å²) in [6, 6.07) is 5.27. The Labute approximate surface area is 122 Å². The second-order valence-corrected chi connectivity index (χ2v) is 5.21. The van der Waals surface area contributed by atoms with Crippen molar-refractivity contribution in [2.75, 3.05) is 26.2 Å². The molecule has 21 heavy (non-hydrogen) atoms. The molecule has 1 saturated heterocycles. The molecule has 0 radical (unpaired) electrons. The minimum absolute atomic E-state index is 0.157. The van der Waals surface area contributed by atoms with Gasteiger partial charge in [0.25, 0.3) is 0 Å². The Morgan fingerprint density at radius 2 is 1.67 bits per heavy atom. The van der Waals surface area contributed by atoms with Crippen LogP contribution in [0.15, 0.2) is 24.3 Å². The second kappa shape index (κ2) is 6.47. The zero-order valence-corrected chi connectivity index (χ0v) is 12.0. The molecule has 0 spiro atoms. The fraction of sp³-hybridized carbons (Fsp3) is 0.533. The van der Waals surface area contributed by atoms with Gasteiger partial charge in [0.1, 0.15) is 0 Å². The van der Waals surface area contributed by atoms with Gasteiger partial charge in [0, 0.05) is 39.1 Å². The number of benzene rings is 1. The van der Waals surface area contributed by atoms with Gasteiger partial charge < -0.3 is 4.90 Å². The highest BCUT2D eigenvalue weighted by Gasteiger charge is 2.30. The lowest BCUT2D eigenvalue weighted by Crippen LogP contribution is -2.48. The molecule has 0 saturated carbocycles. The van der Waals surface area contributed by atoms with Crippen LogP contribution >= 0.6 is 0 Å². The van der Waals surface area contributed by atoms with E-state index < -0.39 is 11.7 Å². The van der Waals surface area contributed by atoms with Crippen LogP contribution in [0.1, 0.15) is 24.5 Å². The number of carbonyl (C=O) groups excluding carboxylic acids is 1. The predicted octanol–water partition coefficient (Wildman–Crippen LogP) is 2.76. The van der Waals surface area contributed by atoms with Crippen molar-refractivity contribution in [3.8, 4) is 0 Å². The van der Waals surface area contributed by atoms with E-state index in [4.69, 9.17) is 0 Å². The molecule has 116 valence electrons. The first-order chi connectivity index (χ1) is 9.90. The van der Waals surface area contributed by atoms with Crippen molar-refractivity contribution >= 4 is 5.91 Å². The highest BCUT2D eigenvalue weighted by Crippen LogP contribution is 2.29. The molecule has 2 rings (SSSR count). The van der Waals surface area contributed by atoms with Gasteiger partial charge in [-0.2, -0.15) is 13.2 Å². The molecule has 1 fully saturated rings. The Morgan fingerprint density at radius 1 is 1.10 bits per heavy atom. The summed E-state index contributed by atoms with van der Waals surface area (Å²) in [5.74, 6) is 0.157. The van der Waals surface area contributed by atoms with E-state index in [2.05, 4.69) is 4.90 Å². The van der Waals surface area contributed by atoms with Gasteiger partial charge in [0.15, 0.2) is 0 Å². The number of amides is 1. The molecular formula is C15H19F3N2O. The van der Waals surface area contributed by atoms with E-state index in [1.54, 1.807) is 0 Å². The first-order valence-corrected chi connectivity index (χ1v) is 7.06. The number of rotatable bonds is 3. The van der Waals surface area contributed by atoms with Gasteiger partial charge in [-0.3, -0.25) is 9.69 Å². The van der Waals surface area contributed by atoms with Gasteiger partial charge in [-0.1, -0.05) is 19.1 Å². The molecular weight excluding hydrogens is 281 g/mol. The molecule has 0 N–H and O–H groups in total. The van der Waals surface area contributed by atoms with Crippen molar-refractivity contribution in [1.82, 2.24) is 9.80 Å². The molecule has 1 aliphatic heterocycles. The van der Waals surface area contributed by atoms with Gasteiger partial charge in [-0.25, -0.2) is 0 Å². The molecule has 0 bridgehead atoms. The maximum Gasteiger partial charge on any atom is 0.416 e. The van der Waals surface area contributed by atoms with Crippen molar-refractivity contribution in [1.29, 1.82) is 0 Å². The quantitative estimate of drug-likeness (QED) is 0.857. The molecule has 0 unspecified atom stereocenters. The van der Waals surface area contributed by atoms with Crippen LogP contribution in [0, 0.1) is 0 Å². The predicted molar refractivity (Wildman–Crippen MR) is 73.6 cm³/mol. The van der Waals surface area contributed by atoms with E-state index in [0.29, 0.717) is 26.1 Å². The maximum absolute atomic E-state index is 12.5. The van der Waals surface area contributed by atoms with E-state index >= 15 is 0 Å². The zero-order valence-electron chi connectivity index (χ0n) is 12.0. The smallest absolute Gasteiger partial charge is 0.340 e. The van der Waals surface area contributed by atoms with E-state index in [1.807, 2.05) is 11.8 Å². The largest absolute Gasteiger partial charge is 0.416 e. The molecule has 3 nitrogen and oxygen atoms in total. The van der Waals surface area contributed by atoms with Crippen LogP contribution in [0.4, 0.5) is 13.2 Å². The molecule has 1 heterocycles. The van der Waals surface area contributed by atoms with Crippen LogP contribution in [-0.4, -0.2) is 41.9 Å². The summed E-state index contributed by atoms with van der Waals surface area (Å²) >= 11 is 0. The standard InChI is InChI=1S/C15H19F3N2O/c1-2-14(21)20-9-7-19(8-10-20)11-12-3-5-13(6-4-12)15(16,17)18/h3-6H,2,7-11H2,1H3. The Morgan fingerprint density at radius 3 is 2.14 bits per heavy atom. The number of carbonyl (C=O) groups is 1. The minimum atomic E-state index is -4.29. The number of alkyl halides is 3. The fourth-order valence-electron chi connectivity index (χ4n) is 2.44. The third-order valence-corrected chi connectivity index (χ3v) is 3.71. The van der Waals surface area contributed by atoms with E-state index in [-0.39, 0.29) is 5.91 Å². The summed E-state index contributed by atoms with van der Waals surface area (Å²) in [6.07, 6.45) is -3.77. The van der Waals surface area contributed by atoms with E-state index in [0.717, 1.165) is 30.8 Å². The summed E-state index contributed by atoms with van der Waals surface area (Å²) in [5.41, 5.74) is 0.239.